The van der Waals surface area contributed by atoms with E-state index in [1.807, 2.05) is 23.5 Å². The Morgan fingerprint density at radius 1 is 1.38 bits per heavy atom. The number of benzene rings is 1. The number of aliphatic imine (C=N–C) groups is 1. The van der Waals surface area contributed by atoms with Crippen molar-refractivity contribution in [1.29, 1.82) is 0 Å². The Kier molecular flexibility index (Phi) is 6.24. The van der Waals surface area contributed by atoms with Gasteiger partial charge in [0.25, 0.3) is 0 Å². The summed E-state index contributed by atoms with van der Waals surface area (Å²) in [5.41, 5.74) is 0. The van der Waals surface area contributed by atoms with Gasteiger partial charge in [0.05, 0.1) is 6.54 Å². The van der Waals surface area contributed by atoms with Crippen LogP contribution in [0, 0.1) is 0 Å². The van der Waals surface area contributed by atoms with Crippen LogP contribution in [0.2, 0.25) is 0 Å². The van der Waals surface area contributed by atoms with E-state index in [0.29, 0.717) is 6.04 Å². The van der Waals surface area contributed by atoms with E-state index in [2.05, 4.69) is 79.8 Å². The van der Waals surface area contributed by atoms with Gasteiger partial charge in [-0.2, -0.15) is 5.10 Å². The van der Waals surface area contributed by atoms with Crippen LogP contribution in [0.15, 0.2) is 45.0 Å². The number of halogens is 1. The van der Waals surface area contributed by atoms with Crippen LogP contribution in [0.5, 0.6) is 0 Å². The fourth-order valence-corrected chi connectivity index (χ4v) is 4.22. The second kappa shape index (κ2) is 8.43. The molecular weight excluding hydrogens is 412 g/mol. The molecule has 0 saturated heterocycles. The third-order valence-corrected chi connectivity index (χ3v) is 5.99. The molecule has 3 rings (SSSR count). The predicted molar refractivity (Wildman–Crippen MR) is 111 cm³/mol. The standard InChI is InChI=1S/C18H25BrN6S/c1-18(2,26-15-7-4-13(19)5-8-15)11-21-17(20-3)24-14-6-9-16-22-12-23-25(16)10-14/h4-5,7-8,12,14H,6,9-11H2,1-3H3,(H2,20,21,24). The molecule has 0 saturated carbocycles. The van der Waals surface area contributed by atoms with Crippen LogP contribution in [-0.4, -0.2) is 45.1 Å². The zero-order chi connectivity index (χ0) is 18.6. The monoisotopic (exact) mass is 436 g/mol. The molecule has 140 valence electrons. The van der Waals surface area contributed by atoms with E-state index in [9.17, 15) is 0 Å². The Morgan fingerprint density at radius 2 is 2.15 bits per heavy atom. The summed E-state index contributed by atoms with van der Waals surface area (Å²) in [6.07, 6.45) is 3.61. The van der Waals surface area contributed by atoms with Gasteiger partial charge in [0.1, 0.15) is 12.2 Å². The number of hydrogen-bond acceptors (Lipinski definition) is 4. The fourth-order valence-electron chi connectivity index (χ4n) is 2.90. The summed E-state index contributed by atoms with van der Waals surface area (Å²) in [7, 11) is 1.81. The number of rotatable bonds is 5. The topological polar surface area (TPSA) is 67.1 Å². The van der Waals surface area contributed by atoms with Gasteiger partial charge in [-0.05, 0) is 44.5 Å². The van der Waals surface area contributed by atoms with Gasteiger partial charge in [0.2, 0.25) is 0 Å². The maximum atomic E-state index is 4.38. The van der Waals surface area contributed by atoms with Crippen molar-refractivity contribution in [3.8, 4) is 0 Å². The van der Waals surface area contributed by atoms with E-state index in [1.54, 1.807) is 6.33 Å². The minimum Gasteiger partial charge on any atom is -0.355 e. The second-order valence-electron chi connectivity index (χ2n) is 6.98. The molecule has 1 atom stereocenters. The number of aryl methyl sites for hydroxylation is 1. The van der Waals surface area contributed by atoms with Crippen LogP contribution >= 0.6 is 27.7 Å². The summed E-state index contributed by atoms with van der Waals surface area (Å²) >= 11 is 5.34. The summed E-state index contributed by atoms with van der Waals surface area (Å²) in [5, 5.41) is 11.3. The van der Waals surface area contributed by atoms with Gasteiger partial charge >= 0.3 is 0 Å². The Bertz CT molecular complexity index is 755. The Balaban J connectivity index is 1.51. The number of thioether (sulfide) groups is 1. The SMILES string of the molecule is CN=C(NCC(C)(C)Sc1ccc(Br)cc1)NC1CCc2ncnn2C1. The van der Waals surface area contributed by atoms with Crippen LogP contribution in [0.1, 0.15) is 26.1 Å². The maximum Gasteiger partial charge on any atom is 0.191 e. The zero-order valence-corrected chi connectivity index (χ0v) is 17.8. The van der Waals surface area contributed by atoms with E-state index >= 15 is 0 Å². The van der Waals surface area contributed by atoms with Gasteiger partial charge in [-0.3, -0.25) is 4.99 Å². The quantitative estimate of drug-likeness (QED) is 0.428. The molecule has 6 nitrogen and oxygen atoms in total. The van der Waals surface area contributed by atoms with E-state index < -0.39 is 0 Å². The molecule has 0 aliphatic carbocycles. The smallest absolute Gasteiger partial charge is 0.191 e. The average Bonchev–Trinajstić information content (AvgIpc) is 3.08. The molecule has 1 aromatic heterocycles. The fraction of sp³-hybridized carbons (Fsp3) is 0.500. The number of guanidine groups is 1. The number of hydrogen-bond donors (Lipinski definition) is 2. The molecule has 2 heterocycles. The molecule has 2 N–H and O–H groups in total. The van der Waals surface area contributed by atoms with Crippen LogP contribution in [-0.2, 0) is 13.0 Å². The van der Waals surface area contributed by atoms with Gasteiger partial charge in [-0.1, -0.05) is 15.9 Å². The molecule has 0 spiro atoms. The first-order valence-corrected chi connectivity index (χ1v) is 10.3. The number of nitrogens with one attached hydrogen (secondary N) is 2. The summed E-state index contributed by atoms with van der Waals surface area (Å²) in [6, 6.07) is 8.75. The summed E-state index contributed by atoms with van der Waals surface area (Å²) in [6.45, 7) is 6.12. The lowest BCUT2D eigenvalue weighted by Crippen LogP contribution is -2.49. The van der Waals surface area contributed by atoms with E-state index in [0.717, 1.165) is 42.2 Å². The lowest BCUT2D eigenvalue weighted by molar-refractivity contribution is 0.392. The van der Waals surface area contributed by atoms with E-state index in [-0.39, 0.29) is 4.75 Å². The molecule has 0 radical (unpaired) electrons. The molecule has 1 aromatic carbocycles. The zero-order valence-electron chi connectivity index (χ0n) is 15.4. The van der Waals surface area contributed by atoms with E-state index in [1.165, 1.54) is 4.90 Å². The van der Waals surface area contributed by atoms with Crippen LogP contribution in [0.4, 0.5) is 0 Å². The third-order valence-electron chi connectivity index (χ3n) is 4.26. The minimum atomic E-state index is 0.0388. The molecule has 0 bridgehead atoms. The number of nitrogens with zero attached hydrogens (tertiary/aromatic N) is 4. The molecule has 26 heavy (non-hydrogen) atoms. The van der Waals surface area contributed by atoms with Crippen molar-refractivity contribution < 1.29 is 0 Å². The molecule has 0 fully saturated rings. The largest absolute Gasteiger partial charge is 0.355 e. The molecule has 1 aliphatic rings. The Morgan fingerprint density at radius 3 is 2.88 bits per heavy atom. The first-order valence-electron chi connectivity index (χ1n) is 8.74. The van der Waals surface area contributed by atoms with Gasteiger partial charge < -0.3 is 10.6 Å². The molecule has 1 aliphatic heterocycles. The summed E-state index contributed by atoms with van der Waals surface area (Å²) in [4.78, 5) is 9.92. The molecular formula is C18H25BrN6S. The Hall–Kier alpha value is -1.54. The first kappa shape index (κ1) is 19.2. The number of fused-ring (bicyclic) bond motifs is 1. The first-order chi connectivity index (χ1) is 12.4. The third kappa shape index (κ3) is 5.23. The van der Waals surface area contributed by atoms with Gasteiger partial charge in [-0.25, -0.2) is 9.67 Å². The highest BCUT2D eigenvalue weighted by atomic mass is 79.9. The van der Waals surface area contributed by atoms with Crippen LogP contribution in [0.3, 0.4) is 0 Å². The minimum absolute atomic E-state index is 0.0388. The molecule has 0 amide bonds. The molecule has 2 aromatic rings. The van der Waals surface area contributed by atoms with E-state index in [4.69, 9.17) is 0 Å². The van der Waals surface area contributed by atoms with Crippen molar-refractivity contribution >= 4 is 33.7 Å². The summed E-state index contributed by atoms with van der Waals surface area (Å²) < 4.78 is 3.11. The van der Waals surface area contributed by atoms with Crippen molar-refractivity contribution in [2.75, 3.05) is 13.6 Å². The highest BCUT2D eigenvalue weighted by molar-refractivity contribution is 9.10. The van der Waals surface area contributed by atoms with Crippen molar-refractivity contribution in [1.82, 2.24) is 25.4 Å². The van der Waals surface area contributed by atoms with Gasteiger partial charge in [0.15, 0.2) is 5.96 Å². The maximum absolute atomic E-state index is 4.38. The van der Waals surface area contributed by atoms with Crippen molar-refractivity contribution in [3.05, 3.63) is 40.9 Å². The van der Waals surface area contributed by atoms with Crippen molar-refractivity contribution in [2.45, 2.75) is 48.9 Å². The highest BCUT2D eigenvalue weighted by Gasteiger charge is 2.23. The lowest BCUT2D eigenvalue weighted by Gasteiger charge is -2.28. The molecule has 8 heteroatoms. The summed E-state index contributed by atoms with van der Waals surface area (Å²) in [5.74, 6) is 1.90. The normalized spacial score (nSPS) is 17.7. The number of aromatic nitrogens is 3. The average molecular weight is 437 g/mol. The van der Waals surface area contributed by atoms with Crippen LogP contribution < -0.4 is 10.6 Å². The van der Waals surface area contributed by atoms with Gasteiger partial charge in [-0.15, -0.1) is 11.8 Å². The van der Waals surface area contributed by atoms with Crippen molar-refractivity contribution in [2.24, 2.45) is 4.99 Å². The predicted octanol–water partition coefficient (Wildman–Crippen LogP) is 3.09. The van der Waals surface area contributed by atoms with Crippen molar-refractivity contribution in [3.63, 3.8) is 0 Å². The second-order valence-corrected chi connectivity index (χ2v) is 9.68. The molecule has 1 unspecified atom stereocenters. The highest BCUT2D eigenvalue weighted by Crippen LogP contribution is 2.32. The van der Waals surface area contributed by atoms with Gasteiger partial charge in [0, 0.05) is 40.2 Å². The lowest BCUT2D eigenvalue weighted by atomic mass is 10.1. The van der Waals surface area contributed by atoms with Crippen LogP contribution in [0.25, 0.3) is 0 Å². The Labute approximate surface area is 167 Å².